The molecule has 2 aliphatic rings. The minimum atomic E-state index is -0.238. The summed E-state index contributed by atoms with van der Waals surface area (Å²) < 4.78 is 12.1. The van der Waals surface area contributed by atoms with Crippen LogP contribution >= 0.6 is 0 Å². The van der Waals surface area contributed by atoms with E-state index in [9.17, 15) is 4.79 Å². The molecule has 1 aliphatic carbocycles. The highest BCUT2D eigenvalue weighted by Crippen LogP contribution is 2.41. The van der Waals surface area contributed by atoms with Gasteiger partial charge in [-0.15, -0.1) is 0 Å². The summed E-state index contributed by atoms with van der Waals surface area (Å²) in [5, 5.41) is 3.10. The molecule has 1 saturated heterocycles. The SMILES string of the molecule is CC(=O)NC1(C)CCC(CCB2OC(C)(C)C(C)(C)O2)C1. The Morgan fingerprint density at radius 2 is 1.76 bits per heavy atom. The first-order valence-corrected chi connectivity index (χ1v) is 8.17. The van der Waals surface area contributed by atoms with E-state index in [1.807, 2.05) is 0 Å². The first kappa shape index (κ1) is 16.8. The predicted molar refractivity (Wildman–Crippen MR) is 85.1 cm³/mol. The Kier molecular flexibility index (Phi) is 4.47. The van der Waals surface area contributed by atoms with Crippen LogP contribution in [0.3, 0.4) is 0 Å². The second kappa shape index (κ2) is 5.58. The second-order valence-corrected chi connectivity index (χ2v) is 8.11. The van der Waals surface area contributed by atoms with E-state index in [1.165, 1.54) is 6.42 Å². The molecule has 120 valence electrons. The van der Waals surface area contributed by atoms with Gasteiger partial charge in [0.25, 0.3) is 0 Å². The summed E-state index contributed by atoms with van der Waals surface area (Å²) in [6.45, 7) is 12.1. The van der Waals surface area contributed by atoms with Crippen LogP contribution in [0.1, 0.15) is 67.2 Å². The van der Waals surface area contributed by atoms with Gasteiger partial charge in [0.05, 0.1) is 11.2 Å². The smallest absolute Gasteiger partial charge is 0.403 e. The summed E-state index contributed by atoms with van der Waals surface area (Å²) in [6, 6.07) is 0. The van der Waals surface area contributed by atoms with Gasteiger partial charge in [0.1, 0.15) is 0 Å². The van der Waals surface area contributed by atoms with Crippen molar-refractivity contribution in [3.8, 4) is 0 Å². The topological polar surface area (TPSA) is 47.6 Å². The van der Waals surface area contributed by atoms with E-state index in [0.29, 0.717) is 5.92 Å². The van der Waals surface area contributed by atoms with E-state index in [1.54, 1.807) is 6.92 Å². The van der Waals surface area contributed by atoms with E-state index in [2.05, 4.69) is 39.9 Å². The standard InChI is InChI=1S/C16H30BNO3/c1-12(19)18-16(6)9-7-13(11-16)8-10-17-20-14(2,3)15(4,5)21-17/h13H,7-11H2,1-6H3,(H,18,19). The van der Waals surface area contributed by atoms with Gasteiger partial charge in [0, 0.05) is 12.5 Å². The van der Waals surface area contributed by atoms with Crippen molar-refractivity contribution in [2.45, 2.75) is 90.3 Å². The quantitative estimate of drug-likeness (QED) is 0.810. The molecule has 0 spiro atoms. The van der Waals surface area contributed by atoms with Crippen LogP contribution in [0.2, 0.25) is 6.32 Å². The van der Waals surface area contributed by atoms with Gasteiger partial charge in [0.2, 0.25) is 5.91 Å². The zero-order valence-corrected chi connectivity index (χ0v) is 14.4. The van der Waals surface area contributed by atoms with E-state index in [0.717, 1.165) is 25.6 Å². The molecule has 0 aromatic rings. The molecular formula is C16H30BNO3. The van der Waals surface area contributed by atoms with E-state index in [-0.39, 0.29) is 29.8 Å². The maximum atomic E-state index is 11.3. The molecule has 4 nitrogen and oxygen atoms in total. The molecule has 21 heavy (non-hydrogen) atoms. The van der Waals surface area contributed by atoms with Crippen molar-refractivity contribution in [3.05, 3.63) is 0 Å². The lowest BCUT2D eigenvalue weighted by molar-refractivity contribution is -0.120. The lowest BCUT2D eigenvalue weighted by Crippen LogP contribution is -2.42. The molecule has 0 bridgehead atoms. The van der Waals surface area contributed by atoms with Gasteiger partial charge in [-0.25, -0.2) is 0 Å². The largest absolute Gasteiger partial charge is 0.457 e. The maximum Gasteiger partial charge on any atom is 0.457 e. The highest BCUT2D eigenvalue weighted by atomic mass is 16.7. The molecule has 2 atom stereocenters. The van der Waals surface area contributed by atoms with Crippen molar-refractivity contribution >= 4 is 13.0 Å². The number of hydrogen-bond donors (Lipinski definition) is 1. The molecule has 5 heteroatoms. The van der Waals surface area contributed by atoms with Gasteiger partial charge in [-0.1, -0.05) is 6.42 Å². The Hall–Kier alpha value is -0.545. The number of hydrogen-bond acceptors (Lipinski definition) is 3. The van der Waals surface area contributed by atoms with Crippen LogP contribution in [-0.2, 0) is 14.1 Å². The molecule has 2 fully saturated rings. The van der Waals surface area contributed by atoms with Gasteiger partial charge in [0.15, 0.2) is 0 Å². The third-order valence-corrected chi connectivity index (χ3v) is 5.43. The van der Waals surface area contributed by atoms with Crippen molar-refractivity contribution in [3.63, 3.8) is 0 Å². The van der Waals surface area contributed by atoms with Gasteiger partial charge in [-0.2, -0.15) is 0 Å². The van der Waals surface area contributed by atoms with E-state index in [4.69, 9.17) is 9.31 Å². The van der Waals surface area contributed by atoms with Crippen LogP contribution in [0.25, 0.3) is 0 Å². The number of rotatable bonds is 4. The molecule has 0 radical (unpaired) electrons. The van der Waals surface area contributed by atoms with Crippen LogP contribution in [-0.4, -0.2) is 29.8 Å². The van der Waals surface area contributed by atoms with Crippen molar-refractivity contribution in [2.24, 2.45) is 5.92 Å². The lowest BCUT2D eigenvalue weighted by atomic mass is 9.79. The minimum Gasteiger partial charge on any atom is -0.403 e. The average molecular weight is 295 g/mol. The van der Waals surface area contributed by atoms with Crippen LogP contribution in [0.4, 0.5) is 0 Å². The van der Waals surface area contributed by atoms with E-state index >= 15 is 0 Å². The van der Waals surface area contributed by atoms with Crippen LogP contribution in [0, 0.1) is 5.92 Å². The van der Waals surface area contributed by atoms with Crippen LogP contribution in [0.15, 0.2) is 0 Å². The highest BCUT2D eigenvalue weighted by Gasteiger charge is 2.50. The number of nitrogens with one attached hydrogen (secondary N) is 1. The van der Waals surface area contributed by atoms with Crippen molar-refractivity contribution in [1.29, 1.82) is 0 Å². The van der Waals surface area contributed by atoms with Crippen molar-refractivity contribution in [1.82, 2.24) is 5.32 Å². The normalized spacial score (nSPS) is 34.2. The fraction of sp³-hybridized carbons (Fsp3) is 0.938. The first-order chi connectivity index (χ1) is 9.53. The van der Waals surface area contributed by atoms with Crippen molar-refractivity contribution < 1.29 is 14.1 Å². The maximum absolute atomic E-state index is 11.3. The Morgan fingerprint density at radius 1 is 1.19 bits per heavy atom. The zero-order valence-electron chi connectivity index (χ0n) is 14.4. The second-order valence-electron chi connectivity index (χ2n) is 8.11. The summed E-state index contributed by atoms with van der Waals surface area (Å²) >= 11 is 0. The summed E-state index contributed by atoms with van der Waals surface area (Å²) in [4.78, 5) is 11.3. The molecule has 0 aromatic heterocycles. The highest BCUT2D eigenvalue weighted by molar-refractivity contribution is 6.45. The Morgan fingerprint density at radius 3 is 2.29 bits per heavy atom. The Balaban J connectivity index is 1.80. The van der Waals surface area contributed by atoms with Crippen LogP contribution in [0.5, 0.6) is 0 Å². The molecule has 1 amide bonds. The molecule has 1 N–H and O–H groups in total. The summed E-state index contributed by atoms with van der Waals surface area (Å²) in [5.74, 6) is 0.727. The number of carbonyl (C=O) groups excluding carboxylic acids is 1. The average Bonchev–Trinajstić information content (AvgIpc) is 2.74. The molecular weight excluding hydrogens is 265 g/mol. The fourth-order valence-corrected chi connectivity index (χ4v) is 3.60. The summed E-state index contributed by atoms with van der Waals surface area (Å²) in [5.41, 5.74) is -0.498. The lowest BCUT2D eigenvalue weighted by Gasteiger charge is -2.32. The Bertz CT molecular complexity index is 394. The van der Waals surface area contributed by atoms with Crippen LogP contribution < -0.4 is 5.32 Å². The third kappa shape index (κ3) is 3.81. The van der Waals surface area contributed by atoms with Gasteiger partial charge < -0.3 is 14.6 Å². The molecule has 1 saturated carbocycles. The minimum absolute atomic E-state index is 0.0214. The monoisotopic (exact) mass is 295 g/mol. The van der Waals surface area contributed by atoms with Gasteiger partial charge in [-0.05, 0) is 66.1 Å². The molecule has 0 aromatic carbocycles. The summed E-state index contributed by atoms with van der Waals surface area (Å²) in [6.07, 6.45) is 5.35. The van der Waals surface area contributed by atoms with E-state index < -0.39 is 0 Å². The van der Waals surface area contributed by atoms with Gasteiger partial charge >= 0.3 is 7.12 Å². The Labute approximate surface area is 129 Å². The molecule has 2 rings (SSSR count). The third-order valence-electron chi connectivity index (χ3n) is 5.43. The predicted octanol–water partition coefficient (Wildman–Crippen LogP) is 3.16. The number of amides is 1. The molecule has 1 aliphatic heterocycles. The number of carbonyl (C=O) groups is 1. The molecule has 2 unspecified atom stereocenters. The fourth-order valence-electron chi connectivity index (χ4n) is 3.60. The first-order valence-electron chi connectivity index (χ1n) is 8.17. The van der Waals surface area contributed by atoms with Gasteiger partial charge in [-0.3, -0.25) is 4.79 Å². The molecule has 1 heterocycles. The zero-order chi connectivity index (χ0) is 15.9. The summed E-state index contributed by atoms with van der Waals surface area (Å²) in [7, 11) is -0.0948. The van der Waals surface area contributed by atoms with Crippen molar-refractivity contribution in [2.75, 3.05) is 0 Å².